The van der Waals surface area contributed by atoms with Gasteiger partial charge < -0.3 is 9.47 Å². The minimum Gasteiger partial charge on any atom is -0.498 e. The van der Waals surface area contributed by atoms with E-state index in [4.69, 9.17) is 9.47 Å². The Kier molecular flexibility index (Phi) is 7.95. The first-order valence-electron chi connectivity index (χ1n) is 7.24. The lowest BCUT2D eigenvalue weighted by Crippen LogP contribution is -2.07. The molecule has 0 saturated carbocycles. The molecule has 1 rings (SSSR count). The summed E-state index contributed by atoms with van der Waals surface area (Å²) in [5, 5.41) is 0. The topological polar surface area (TPSA) is 35.5 Å². The van der Waals surface area contributed by atoms with Crippen LogP contribution >= 0.6 is 0 Å². The highest BCUT2D eigenvalue weighted by atomic mass is 16.5. The number of esters is 1. The van der Waals surface area contributed by atoms with Crippen molar-refractivity contribution in [3.63, 3.8) is 0 Å². The van der Waals surface area contributed by atoms with Crippen molar-refractivity contribution in [3.8, 4) is 0 Å². The smallest absolute Gasteiger partial charge is 0.306 e. The van der Waals surface area contributed by atoms with Gasteiger partial charge in [0.05, 0.1) is 18.8 Å². The van der Waals surface area contributed by atoms with Crippen molar-refractivity contribution in [1.82, 2.24) is 0 Å². The van der Waals surface area contributed by atoms with E-state index in [1.807, 2.05) is 43.3 Å². The summed E-state index contributed by atoms with van der Waals surface area (Å²) in [6, 6.07) is 9.63. The summed E-state index contributed by atoms with van der Waals surface area (Å²) >= 11 is 0. The number of carbonyl (C=O) groups excluding carboxylic acids is 1. The van der Waals surface area contributed by atoms with Gasteiger partial charge in [0.25, 0.3) is 0 Å². The van der Waals surface area contributed by atoms with Gasteiger partial charge in [0.2, 0.25) is 0 Å². The number of allylic oxidation sites excluding steroid dienone is 2. The van der Waals surface area contributed by atoms with E-state index >= 15 is 0 Å². The molecule has 1 aromatic rings. The molecule has 0 amide bonds. The van der Waals surface area contributed by atoms with Gasteiger partial charge in [-0.2, -0.15) is 0 Å². The lowest BCUT2D eigenvalue weighted by Gasteiger charge is -2.11. The molecule has 114 valence electrons. The molecule has 0 bridgehead atoms. The SMILES string of the molecule is C=C(CCC(=O)OCc1ccccc1)OCC(C)C=CC. The van der Waals surface area contributed by atoms with E-state index in [1.54, 1.807) is 0 Å². The van der Waals surface area contributed by atoms with Crippen LogP contribution in [0.25, 0.3) is 0 Å². The van der Waals surface area contributed by atoms with Gasteiger partial charge in [-0.1, -0.05) is 56.0 Å². The number of benzene rings is 1. The highest BCUT2D eigenvalue weighted by Gasteiger charge is 2.06. The summed E-state index contributed by atoms with van der Waals surface area (Å²) in [6.07, 6.45) is 4.86. The van der Waals surface area contributed by atoms with E-state index in [9.17, 15) is 4.79 Å². The van der Waals surface area contributed by atoms with Crippen LogP contribution in [0.2, 0.25) is 0 Å². The van der Waals surface area contributed by atoms with E-state index in [0.29, 0.717) is 37.7 Å². The molecule has 0 fully saturated rings. The number of ether oxygens (including phenoxy) is 2. The fourth-order valence-corrected chi connectivity index (χ4v) is 1.76. The Balaban J connectivity index is 2.16. The third kappa shape index (κ3) is 7.98. The van der Waals surface area contributed by atoms with Gasteiger partial charge in [-0.3, -0.25) is 4.79 Å². The Hall–Kier alpha value is -2.03. The Morgan fingerprint density at radius 2 is 1.95 bits per heavy atom. The maximum absolute atomic E-state index is 11.6. The highest BCUT2D eigenvalue weighted by molar-refractivity contribution is 5.69. The zero-order valence-electron chi connectivity index (χ0n) is 12.9. The van der Waals surface area contributed by atoms with E-state index in [1.165, 1.54) is 0 Å². The quantitative estimate of drug-likeness (QED) is 0.387. The lowest BCUT2D eigenvalue weighted by molar-refractivity contribution is -0.145. The molecular weight excluding hydrogens is 264 g/mol. The second kappa shape index (κ2) is 9.81. The maximum atomic E-state index is 11.6. The van der Waals surface area contributed by atoms with Gasteiger partial charge >= 0.3 is 5.97 Å². The van der Waals surface area contributed by atoms with Crippen LogP contribution in [-0.4, -0.2) is 12.6 Å². The van der Waals surface area contributed by atoms with E-state index in [2.05, 4.69) is 19.6 Å². The molecule has 0 saturated heterocycles. The monoisotopic (exact) mass is 288 g/mol. The summed E-state index contributed by atoms with van der Waals surface area (Å²) in [5.41, 5.74) is 0.987. The predicted octanol–water partition coefficient (Wildman–Crippen LogP) is 4.25. The standard InChI is InChI=1S/C18H24O3/c1-4-8-15(2)13-20-16(3)11-12-18(19)21-14-17-9-6-5-7-10-17/h4-10,15H,3,11-14H2,1-2H3. The molecule has 0 aromatic heterocycles. The van der Waals surface area contributed by atoms with Crippen molar-refractivity contribution < 1.29 is 14.3 Å². The molecular formula is C18H24O3. The van der Waals surface area contributed by atoms with Crippen molar-refractivity contribution in [2.45, 2.75) is 33.3 Å². The minimum atomic E-state index is -0.231. The third-order valence-electron chi connectivity index (χ3n) is 2.92. The normalized spacial score (nSPS) is 12.1. The fourth-order valence-electron chi connectivity index (χ4n) is 1.76. The van der Waals surface area contributed by atoms with Gasteiger partial charge in [0.1, 0.15) is 6.61 Å². The van der Waals surface area contributed by atoms with E-state index in [-0.39, 0.29) is 5.97 Å². The Morgan fingerprint density at radius 3 is 2.62 bits per heavy atom. The molecule has 0 N–H and O–H groups in total. The van der Waals surface area contributed by atoms with Crippen molar-refractivity contribution >= 4 is 5.97 Å². The van der Waals surface area contributed by atoms with Gasteiger partial charge in [-0.15, -0.1) is 0 Å². The molecule has 0 radical (unpaired) electrons. The first-order chi connectivity index (χ1) is 10.1. The molecule has 0 aliphatic rings. The van der Waals surface area contributed by atoms with Gasteiger partial charge in [-0.05, 0) is 12.5 Å². The number of carbonyl (C=O) groups is 1. The summed E-state index contributed by atoms with van der Waals surface area (Å²) in [7, 11) is 0. The first kappa shape index (κ1) is 17.0. The summed E-state index contributed by atoms with van der Waals surface area (Å²) in [6.45, 7) is 8.77. The van der Waals surface area contributed by atoms with Gasteiger partial charge in [0, 0.05) is 12.3 Å². The largest absolute Gasteiger partial charge is 0.498 e. The molecule has 21 heavy (non-hydrogen) atoms. The maximum Gasteiger partial charge on any atom is 0.306 e. The third-order valence-corrected chi connectivity index (χ3v) is 2.92. The van der Waals surface area contributed by atoms with E-state index in [0.717, 1.165) is 5.56 Å². The Morgan fingerprint density at radius 1 is 1.24 bits per heavy atom. The molecule has 0 spiro atoms. The summed E-state index contributed by atoms with van der Waals surface area (Å²) in [5.74, 6) is 0.741. The number of hydrogen-bond donors (Lipinski definition) is 0. The molecule has 1 aromatic carbocycles. The van der Waals surface area contributed by atoms with E-state index < -0.39 is 0 Å². The highest BCUT2D eigenvalue weighted by Crippen LogP contribution is 2.09. The van der Waals surface area contributed by atoms with Crippen LogP contribution in [0.3, 0.4) is 0 Å². The van der Waals surface area contributed by atoms with Crippen LogP contribution in [0, 0.1) is 5.92 Å². The number of hydrogen-bond acceptors (Lipinski definition) is 3. The van der Waals surface area contributed by atoms with Gasteiger partial charge in [0.15, 0.2) is 0 Å². The zero-order valence-corrected chi connectivity index (χ0v) is 12.9. The van der Waals surface area contributed by atoms with Crippen LogP contribution in [0.15, 0.2) is 54.8 Å². The van der Waals surface area contributed by atoms with Crippen molar-refractivity contribution in [2.75, 3.05) is 6.61 Å². The van der Waals surface area contributed by atoms with Crippen LogP contribution in [0.4, 0.5) is 0 Å². The van der Waals surface area contributed by atoms with Crippen LogP contribution in [0.5, 0.6) is 0 Å². The van der Waals surface area contributed by atoms with Gasteiger partial charge in [-0.25, -0.2) is 0 Å². The van der Waals surface area contributed by atoms with Crippen LogP contribution < -0.4 is 0 Å². The number of rotatable bonds is 9. The Labute approximate surface area is 127 Å². The summed E-state index contributed by atoms with van der Waals surface area (Å²) < 4.78 is 10.7. The lowest BCUT2D eigenvalue weighted by atomic mass is 10.2. The first-order valence-corrected chi connectivity index (χ1v) is 7.24. The minimum absolute atomic E-state index is 0.231. The predicted molar refractivity (Wildman–Crippen MR) is 84.5 cm³/mol. The molecule has 1 atom stereocenters. The van der Waals surface area contributed by atoms with Crippen LogP contribution in [0.1, 0.15) is 32.3 Å². The van der Waals surface area contributed by atoms with Crippen molar-refractivity contribution in [1.29, 1.82) is 0 Å². The second-order valence-corrected chi connectivity index (χ2v) is 5.00. The summed E-state index contributed by atoms with van der Waals surface area (Å²) in [4.78, 5) is 11.6. The molecule has 1 unspecified atom stereocenters. The van der Waals surface area contributed by atoms with Crippen molar-refractivity contribution in [3.05, 3.63) is 60.4 Å². The average Bonchev–Trinajstić information content (AvgIpc) is 2.50. The van der Waals surface area contributed by atoms with Crippen molar-refractivity contribution in [2.24, 2.45) is 5.92 Å². The second-order valence-electron chi connectivity index (χ2n) is 5.00. The molecule has 3 nitrogen and oxygen atoms in total. The van der Waals surface area contributed by atoms with Crippen LogP contribution in [-0.2, 0) is 20.9 Å². The molecule has 3 heteroatoms. The fraction of sp³-hybridized carbons (Fsp3) is 0.389. The molecule has 0 heterocycles. The average molecular weight is 288 g/mol. The molecule has 0 aliphatic carbocycles. The molecule has 0 aliphatic heterocycles. The zero-order chi connectivity index (χ0) is 15.5. The Bertz CT molecular complexity index is 463.